The number of carbonyl (C=O) groups is 1. The van der Waals surface area contributed by atoms with Crippen LogP contribution in [0.4, 0.5) is 0 Å². The minimum Gasteiger partial charge on any atom is -0.493 e. The first kappa shape index (κ1) is 20.9. The fraction of sp³-hybridized carbons (Fsp3) is 0.0769. The van der Waals surface area contributed by atoms with E-state index < -0.39 is 5.97 Å². The van der Waals surface area contributed by atoms with Gasteiger partial charge in [0.05, 0.1) is 12.5 Å². The second-order valence-corrected chi connectivity index (χ2v) is 6.89. The van der Waals surface area contributed by atoms with Crippen LogP contribution in [0.5, 0.6) is 23.0 Å². The van der Waals surface area contributed by atoms with Crippen LogP contribution in [0.1, 0.15) is 11.3 Å². The van der Waals surface area contributed by atoms with Crippen LogP contribution in [-0.2, 0) is 4.79 Å². The molecule has 6 heteroatoms. The Labute approximate surface area is 184 Å². The molecule has 1 aromatic heterocycles. The van der Waals surface area contributed by atoms with Gasteiger partial charge in [0.2, 0.25) is 11.2 Å². The van der Waals surface area contributed by atoms with Crippen LogP contribution in [0.15, 0.2) is 88.1 Å². The van der Waals surface area contributed by atoms with Crippen LogP contribution in [0, 0.1) is 6.92 Å². The van der Waals surface area contributed by atoms with Crippen LogP contribution in [0.3, 0.4) is 0 Å². The summed E-state index contributed by atoms with van der Waals surface area (Å²) in [5.41, 5.74) is 0.834. The van der Waals surface area contributed by atoms with E-state index in [4.69, 9.17) is 18.6 Å². The molecule has 0 radical (unpaired) electrons. The monoisotopic (exact) mass is 428 g/mol. The van der Waals surface area contributed by atoms with Gasteiger partial charge < -0.3 is 18.6 Å². The van der Waals surface area contributed by atoms with E-state index in [0.717, 1.165) is 5.56 Å². The van der Waals surface area contributed by atoms with E-state index in [1.807, 2.05) is 30.3 Å². The number of rotatable bonds is 6. The first-order valence-corrected chi connectivity index (χ1v) is 9.88. The van der Waals surface area contributed by atoms with Gasteiger partial charge in [-0.2, -0.15) is 0 Å². The molecular weight excluding hydrogens is 408 g/mol. The Morgan fingerprint density at radius 1 is 0.938 bits per heavy atom. The van der Waals surface area contributed by atoms with Gasteiger partial charge in [-0.15, -0.1) is 0 Å². The largest absolute Gasteiger partial charge is 0.493 e. The zero-order chi connectivity index (χ0) is 22.5. The maximum absolute atomic E-state index is 13.0. The molecule has 0 saturated carbocycles. The molecule has 0 aliphatic heterocycles. The van der Waals surface area contributed by atoms with Crippen molar-refractivity contribution < 1.29 is 23.4 Å². The fourth-order valence-electron chi connectivity index (χ4n) is 3.14. The number of fused-ring (bicyclic) bond motifs is 1. The Morgan fingerprint density at radius 2 is 1.66 bits per heavy atom. The highest BCUT2D eigenvalue weighted by Gasteiger charge is 2.16. The molecule has 0 amide bonds. The quantitative estimate of drug-likeness (QED) is 0.229. The van der Waals surface area contributed by atoms with E-state index in [0.29, 0.717) is 22.6 Å². The van der Waals surface area contributed by atoms with Crippen molar-refractivity contribution in [1.29, 1.82) is 0 Å². The third kappa shape index (κ3) is 4.54. The summed E-state index contributed by atoms with van der Waals surface area (Å²) < 4.78 is 22.2. The number of esters is 1. The van der Waals surface area contributed by atoms with Crippen molar-refractivity contribution in [1.82, 2.24) is 0 Å². The first-order valence-electron chi connectivity index (χ1n) is 9.88. The lowest BCUT2D eigenvalue weighted by Gasteiger charge is -2.12. The molecule has 0 bridgehead atoms. The highest BCUT2D eigenvalue weighted by Crippen LogP contribution is 2.32. The summed E-state index contributed by atoms with van der Waals surface area (Å²) in [5, 5.41) is 0.306. The van der Waals surface area contributed by atoms with Gasteiger partial charge >= 0.3 is 5.97 Å². The third-order valence-electron chi connectivity index (χ3n) is 4.70. The predicted octanol–water partition coefficient (Wildman–Crippen LogP) is 5.52. The molecule has 32 heavy (non-hydrogen) atoms. The number of ether oxygens (including phenoxy) is 3. The van der Waals surface area contributed by atoms with Crippen molar-refractivity contribution >= 4 is 23.0 Å². The zero-order valence-electron chi connectivity index (χ0n) is 17.5. The van der Waals surface area contributed by atoms with E-state index in [1.165, 1.54) is 25.3 Å². The molecule has 0 saturated heterocycles. The molecule has 4 aromatic rings. The number of hydrogen-bond acceptors (Lipinski definition) is 6. The van der Waals surface area contributed by atoms with Gasteiger partial charge in [-0.3, -0.25) is 4.79 Å². The molecule has 0 fully saturated rings. The second-order valence-electron chi connectivity index (χ2n) is 6.89. The van der Waals surface area contributed by atoms with Gasteiger partial charge in [0.15, 0.2) is 11.5 Å². The number of hydrogen-bond donors (Lipinski definition) is 0. The molecular formula is C26H20O6. The maximum Gasteiger partial charge on any atom is 0.336 e. The zero-order valence-corrected chi connectivity index (χ0v) is 17.5. The van der Waals surface area contributed by atoms with Crippen molar-refractivity contribution in [3.05, 3.63) is 100 Å². The summed E-state index contributed by atoms with van der Waals surface area (Å²) >= 11 is 0. The molecule has 0 spiro atoms. The lowest BCUT2D eigenvalue weighted by Crippen LogP contribution is -2.08. The standard InChI is InChI=1S/C26H20O6/c1-17-26(32-22-11-7-6-10-21(22)29-2)25(28)20-14-13-19(16-23(20)30-17)31-24(27)15-12-18-8-4-3-5-9-18/h3-16H,1-2H3. The van der Waals surface area contributed by atoms with E-state index in [2.05, 4.69) is 0 Å². The highest BCUT2D eigenvalue weighted by atomic mass is 16.5. The Morgan fingerprint density at radius 3 is 2.41 bits per heavy atom. The van der Waals surface area contributed by atoms with E-state index in [9.17, 15) is 9.59 Å². The summed E-state index contributed by atoms with van der Waals surface area (Å²) in [6.07, 6.45) is 3.00. The number of para-hydroxylation sites is 2. The Balaban J connectivity index is 1.59. The highest BCUT2D eigenvalue weighted by molar-refractivity contribution is 5.89. The average molecular weight is 428 g/mol. The van der Waals surface area contributed by atoms with Gasteiger partial charge in [-0.1, -0.05) is 42.5 Å². The smallest absolute Gasteiger partial charge is 0.336 e. The average Bonchev–Trinajstić information content (AvgIpc) is 2.81. The van der Waals surface area contributed by atoms with Gasteiger partial charge in [0, 0.05) is 12.1 Å². The van der Waals surface area contributed by atoms with E-state index in [1.54, 1.807) is 43.3 Å². The second kappa shape index (κ2) is 9.22. The molecule has 0 N–H and O–H groups in total. The van der Waals surface area contributed by atoms with Crippen LogP contribution < -0.4 is 19.6 Å². The minimum atomic E-state index is -0.539. The lowest BCUT2D eigenvalue weighted by molar-refractivity contribution is -0.128. The third-order valence-corrected chi connectivity index (χ3v) is 4.70. The number of methoxy groups -OCH3 is 1. The summed E-state index contributed by atoms with van der Waals surface area (Å²) in [7, 11) is 1.52. The van der Waals surface area contributed by atoms with Crippen LogP contribution >= 0.6 is 0 Å². The topological polar surface area (TPSA) is 75.0 Å². The molecule has 3 aromatic carbocycles. The van der Waals surface area contributed by atoms with Crippen molar-refractivity contribution in [2.75, 3.05) is 7.11 Å². The maximum atomic E-state index is 13.0. The molecule has 0 aliphatic carbocycles. The van der Waals surface area contributed by atoms with Gasteiger partial charge in [0.25, 0.3) is 0 Å². The summed E-state index contributed by atoms with van der Waals surface area (Å²) in [5.74, 6) is 0.987. The minimum absolute atomic E-state index is 0.0672. The number of aryl methyl sites for hydroxylation is 1. The summed E-state index contributed by atoms with van der Waals surface area (Å²) in [4.78, 5) is 25.1. The normalized spacial score (nSPS) is 10.9. The fourth-order valence-corrected chi connectivity index (χ4v) is 3.14. The molecule has 6 nitrogen and oxygen atoms in total. The van der Waals surface area contributed by atoms with Crippen molar-refractivity contribution in [3.63, 3.8) is 0 Å². The van der Waals surface area contributed by atoms with Crippen molar-refractivity contribution in [3.8, 4) is 23.0 Å². The number of benzene rings is 3. The summed E-state index contributed by atoms with van der Waals surface area (Å²) in [6.45, 7) is 1.63. The Bertz CT molecular complexity index is 1350. The molecule has 0 aliphatic rings. The predicted molar refractivity (Wildman–Crippen MR) is 121 cm³/mol. The van der Waals surface area contributed by atoms with Crippen LogP contribution in [-0.4, -0.2) is 13.1 Å². The molecule has 0 atom stereocenters. The molecule has 160 valence electrons. The van der Waals surface area contributed by atoms with Crippen molar-refractivity contribution in [2.45, 2.75) is 6.92 Å². The Hall–Kier alpha value is -4.32. The SMILES string of the molecule is COc1ccccc1Oc1c(C)oc2cc(OC(=O)C=Cc3ccccc3)ccc2c1=O. The number of carbonyl (C=O) groups excluding carboxylic acids is 1. The van der Waals surface area contributed by atoms with Crippen molar-refractivity contribution in [2.24, 2.45) is 0 Å². The van der Waals surface area contributed by atoms with Gasteiger partial charge in [0.1, 0.15) is 17.1 Å². The Kier molecular flexibility index (Phi) is 6.03. The van der Waals surface area contributed by atoms with Crippen LogP contribution in [0.2, 0.25) is 0 Å². The van der Waals surface area contributed by atoms with Crippen LogP contribution in [0.25, 0.3) is 17.0 Å². The molecule has 1 heterocycles. The van der Waals surface area contributed by atoms with Gasteiger partial charge in [-0.05, 0) is 42.8 Å². The van der Waals surface area contributed by atoms with Gasteiger partial charge in [-0.25, -0.2) is 4.79 Å². The summed E-state index contributed by atoms with van der Waals surface area (Å²) in [6, 6.07) is 21.0. The molecule has 4 rings (SSSR count). The van der Waals surface area contributed by atoms with E-state index in [-0.39, 0.29) is 22.5 Å². The van der Waals surface area contributed by atoms with E-state index >= 15 is 0 Å². The molecule has 0 unspecified atom stereocenters. The lowest BCUT2D eigenvalue weighted by atomic mass is 10.2. The first-order chi connectivity index (χ1) is 15.5.